The molecule has 0 spiro atoms. The van der Waals surface area contributed by atoms with E-state index in [9.17, 15) is 0 Å². The van der Waals surface area contributed by atoms with E-state index in [0.717, 1.165) is 29.0 Å². The highest BCUT2D eigenvalue weighted by atomic mass is 15.1. The minimum absolute atomic E-state index is 0.840. The van der Waals surface area contributed by atoms with E-state index >= 15 is 0 Å². The lowest BCUT2D eigenvalue weighted by Crippen LogP contribution is -2.01. The van der Waals surface area contributed by atoms with Gasteiger partial charge in [0.25, 0.3) is 0 Å². The average molecular weight is 725 g/mol. The fraction of sp³-hybridized carbons (Fsp3) is 0.0364. The summed E-state index contributed by atoms with van der Waals surface area (Å²) in [6.07, 6.45) is 0.840. The molecule has 1 aromatic heterocycles. The van der Waals surface area contributed by atoms with Crippen LogP contribution in [-0.4, -0.2) is 9.55 Å². The molecular formula is C55H36N2. The molecule has 1 aliphatic rings. The normalized spacial score (nSPS) is 12.0. The molecular weight excluding hydrogens is 689 g/mol. The Balaban J connectivity index is 1.21. The van der Waals surface area contributed by atoms with Gasteiger partial charge in [0.05, 0.1) is 16.7 Å². The molecule has 1 aliphatic carbocycles. The molecule has 0 bridgehead atoms. The summed E-state index contributed by atoms with van der Waals surface area (Å²) >= 11 is 0. The summed E-state index contributed by atoms with van der Waals surface area (Å²) in [7, 11) is 0. The number of fused-ring (bicyclic) bond motifs is 7. The summed E-state index contributed by atoms with van der Waals surface area (Å²) < 4.78 is 2.36. The van der Waals surface area contributed by atoms with Gasteiger partial charge in [-0.2, -0.15) is 0 Å². The van der Waals surface area contributed by atoms with Crippen LogP contribution in [0.4, 0.5) is 0 Å². The Bertz CT molecular complexity index is 3440. The van der Waals surface area contributed by atoms with Gasteiger partial charge in [-0.3, -0.25) is 4.57 Å². The van der Waals surface area contributed by atoms with Gasteiger partial charge in [0, 0.05) is 11.8 Å². The molecule has 0 unspecified atom stereocenters. The Morgan fingerprint density at radius 3 is 1.88 bits per heavy atom. The second-order valence-electron chi connectivity index (χ2n) is 15.2. The number of imidazole rings is 1. The fourth-order valence-corrected chi connectivity index (χ4v) is 9.87. The van der Waals surface area contributed by atoms with Gasteiger partial charge in [0.2, 0.25) is 0 Å². The molecule has 0 amide bonds. The zero-order valence-corrected chi connectivity index (χ0v) is 31.5. The van der Waals surface area contributed by atoms with Crippen LogP contribution in [0.15, 0.2) is 188 Å². The van der Waals surface area contributed by atoms with Crippen molar-refractivity contribution in [3.05, 3.63) is 194 Å². The molecule has 0 radical (unpaired) electrons. The Labute approximate surface area is 330 Å². The predicted octanol–water partition coefficient (Wildman–Crippen LogP) is 14.8. The Kier molecular flexibility index (Phi) is 6.94. The molecule has 266 valence electrons. The van der Waals surface area contributed by atoms with E-state index in [0.29, 0.717) is 0 Å². The van der Waals surface area contributed by atoms with Gasteiger partial charge >= 0.3 is 0 Å². The van der Waals surface area contributed by atoms with Gasteiger partial charge in [-0.05, 0) is 118 Å². The van der Waals surface area contributed by atoms with Crippen LogP contribution in [-0.2, 0) is 6.42 Å². The van der Waals surface area contributed by atoms with E-state index in [1.807, 2.05) is 0 Å². The zero-order valence-electron chi connectivity index (χ0n) is 31.5. The number of nitrogens with zero attached hydrogens (tertiary/aromatic N) is 2. The highest BCUT2D eigenvalue weighted by Crippen LogP contribution is 2.54. The molecule has 0 N–H and O–H groups in total. The molecule has 0 fully saturated rings. The third-order valence-electron chi connectivity index (χ3n) is 12.3. The molecule has 1 heterocycles. The van der Waals surface area contributed by atoms with Crippen LogP contribution in [0.25, 0.3) is 115 Å². The minimum Gasteiger partial charge on any atom is -0.296 e. The summed E-state index contributed by atoms with van der Waals surface area (Å²) in [6, 6.07) is 69.5. The Morgan fingerprint density at radius 2 is 1.05 bits per heavy atom. The first-order chi connectivity index (χ1) is 28.3. The summed E-state index contributed by atoms with van der Waals surface area (Å²) in [6.45, 7) is 2.19. The largest absolute Gasteiger partial charge is 0.296 e. The van der Waals surface area contributed by atoms with Crippen molar-refractivity contribution in [2.24, 2.45) is 0 Å². The van der Waals surface area contributed by atoms with Crippen molar-refractivity contribution in [2.75, 3.05) is 0 Å². The first kappa shape index (κ1) is 32.0. The molecule has 12 rings (SSSR count). The lowest BCUT2D eigenvalue weighted by atomic mass is 9.82. The maximum atomic E-state index is 5.07. The second-order valence-corrected chi connectivity index (χ2v) is 15.2. The third-order valence-corrected chi connectivity index (χ3v) is 12.3. The number of para-hydroxylation sites is 2. The van der Waals surface area contributed by atoms with Crippen molar-refractivity contribution in [1.82, 2.24) is 9.55 Å². The number of hydrogen-bond acceptors (Lipinski definition) is 1. The first-order valence-corrected chi connectivity index (χ1v) is 20.0. The number of hydrogen-bond donors (Lipinski definition) is 0. The Morgan fingerprint density at radius 1 is 0.404 bits per heavy atom. The molecule has 0 saturated heterocycles. The smallest absolute Gasteiger partial charge is 0.114 e. The molecule has 0 aliphatic heterocycles. The monoisotopic (exact) mass is 724 g/mol. The van der Waals surface area contributed by atoms with E-state index in [1.165, 1.54) is 98.7 Å². The van der Waals surface area contributed by atoms with Gasteiger partial charge in [-0.1, -0.05) is 171 Å². The van der Waals surface area contributed by atoms with Gasteiger partial charge in [0.1, 0.15) is 5.82 Å². The minimum atomic E-state index is 0.840. The van der Waals surface area contributed by atoms with E-state index < -0.39 is 0 Å². The number of aromatic nitrogens is 2. The summed E-state index contributed by atoms with van der Waals surface area (Å²) in [5.74, 6) is 1.06. The van der Waals surface area contributed by atoms with Crippen LogP contribution >= 0.6 is 0 Å². The van der Waals surface area contributed by atoms with Gasteiger partial charge < -0.3 is 0 Å². The highest BCUT2D eigenvalue weighted by molar-refractivity contribution is 6.28. The Hall–Kier alpha value is -7.29. The van der Waals surface area contributed by atoms with E-state index in [4.69, 9.17) is 4.98 Å². The molecule has 10 aromatic carbocycles. The number of benzene rings is 10. The van der Waals surface area contributed by atoms with E-state index in [-0.39, 0.29) is 0 Å². The van der Waals surface area contributed by atoms with Gasteiger partial charge in [-0.15, -0.1) is 0 Å². The second kappa shape index (κ2) is 12.4. The van der Waals surface area contributed by atoms with Crippen molar-refractivity contribution < 1.29 is 0 Å². The summed E-state index contributed by atoms with van der Waals surface area (Å²) in [4.78, 5) is 5.07. The van der Waals surface area contributed by atoms with Crippen molar-refractivity contribution >= 4 is 54.1 Å². The van der Waals surface area contributed by atoms with Crippen LogP contribution in [0.2, 0.25) is 0 Å². The zero-order chi connectivity index (χ0) is 37.6. The first-order valence-electron chi connectivity index (χ1n) is 20.0. The maximum Gasteiger partial charge on any atom is 0.114 e. The SMILES string of the molecule is CCc1nc2ccccc2n1-c1ccc(-c2c3ccccc3c(-c3ccc4cccc5c4c3-c3ccccc3-5)c3ccc(-c4ccccc4)cc23)c2ccccc12. The van der Waals surface area contributed by atoms with Crippen LogP contribution < -0.4 is 0 Å². The van der Waals surface area contributed by atoms with Crippen LogP contribution in [0.1, 0.15) is 12.7 Å². The molecule has 11 aromatic rings. The standard InChI is InChI=1S/C55H36N2/c1-2-51-56-48-25-12-13-26-50(48)57(51)49-32-31-44(37-18-6-8-20-39(37)49)54-43-23-11-10-22-42(43)53(45-29-28-36(33-47(45)54)34-15-4-3-5-16-34)46-30-27-35-17-14-24-40-38-19-7-9-21-41(38)55(46)52(35)40/h3-33H,2H2,1H3. The van der Waals surface area contributed by atoms with Crippen molar-refractivity contribution in [2.45, 2.75) is 13.3 Å². The molecule has 0 atom stereocenters. The topological polar surface area (TPSA) is 17.8 Å². The van der Waals surface area contributed by atoms with E-state index in [1.54, 1.807) is 0 Å². The predicted molar refractivity (Wildman–Crippen MR) is 241 cm³/mol. The average Bonchev–Trinajstić information content (AvgIpc) is 3.83. The maximum absolute atomic E-state index is 5.07. The van der Waals surface area contributed by atoms with Crippen LogP contribution in [0, 0.1) is 0 Å². The summed E-state index contributed by atoms with van der Waals surface area (Å²) in [5.41, 5.74) is 16.0. The summed E-state index contributed by atoms with van der Waals surface area (Å²) in [5, 5.41) is 10.1. The van der Waals surface area contributed by atoms with Gasteiger partial charge in [-0.25, -0.2) is 4.98 Å². The van der Waals surface area contributed by atoms with Gasteiger partial charge in [0.15, 0.2) is 0 Å². The third kappa shape index (κ3) is 4.62. The highest BCUT2D eigenvalue weighted by Gasteiger charge is 2.27. The fourth-order valence-electron chi connectivity index (χ4n) is 9.87. The molecule has 2 heteroatoms. The van der Waals surface area contributed by atoms with Crippen molar-refractivity contribution in [3.63, 3.8) is 0 Å². The molecule has 57 heavy (non-hydrogen) atoms. The van der Waals surface area contributed by atoms with Crippen LogP contribution in [0.5, 0.6) is 0 Å². The molecule has 2 nitrogen and oxygen atoms in total. The quantitative estimate of drug-likeness (QED) is 0.162. The number of rotatable bonds is 5. The lowest BCUT2D eigenvalue weighted by molar-refractivity contribution is 0.913. The van der Waals surface area contributed by atoms with Crippen molar-refractivity contribution in [1.29, 1.82) is 0 Å². The van der Waals surface area contributed by atoms with Crippen molar-refractivity contribution in [3.8, 4) is 61.3 Å². The molecule has 0 saturated carbocycles. The number of aryl methyl sites for hydroxylation is 1. The van der Waals surface area contributed by atoms with Crippen LogP contribution in [0.3, 0.4) is 0 Å². The lowest BCUT2D eigenvalue weighted by Gasteiger charge is -2.22. The van der Waals surface area contributed by atoms with E-state index in [2.05, 4.69) is 200 Å².